The smallest absolute Gasteiger partial charge is 0.311 e. The minimum Gasteiger partial charge on any atom is -0.427 e. The number of hydrogen-bond donors (Lipinski definition) is 0. The molecule has 0 atom stereocenters. The summed E-state index contributed by atoms with van der Waals surface area (Å²) >= 11 is 0. The molecule has 0 bridgehead atoms. The van der Waals surface area contributed by atoms with Gasteiger partial charge in [-0.05, 0) is 37.1 Å². The average Bonchev–Trinajstić information content (AvgIpc) is 2.50. The standard InChI is InChI=1S/C18H26O4/c1-3-5-7-9-17(19)21-15-11-13-16(14-12-15)22-18(20)10-8-6-4-2/h11-14H,3-10H2,1-2H3. The summed E-state index contributed by atoms with van der Waals surface area (Å²) in [4.78, 5) is 23.2. The van der Waals surface area contributed by atoms with Crippen molar-refractivity contribution in [1.29, 1.82) is 0 Å². The van der Waals surface area contributed by atoms with Gasteiger partial charge >= 0.3 is 11.9 Å². The maximum absolute atomic E-state index is 11.6. The first-order valence-electron chi connectivity index (χ1n) is 8.17. The molecule has 0 radical (unpaired) electrons. The molecule has 122 valence electrons. The van der Waals surface area contributed by atoms with Crippen LogP contribution in [0.15, 0.2) is 24.3 Å². The minimum atomic E-state index is -0.224. The molecule has 0 aromatic heterocycles. The number of unbranched alkanes of at least 4 members (excludes halogenated alkanes) is 4. The van der Waals surface area contributed by atoms with Crippen LogP contribution >= 0.6 is 0 Å². The first kappa shape index (κ1) is 18.2. The van der Waals surface area contributed by atoms with E-state index in [1.165, 1.54) is 0 Å². The molecule has 1 aromatic rings. The predicted molar refractivity (Wildman–Crippen MR) is 86.0 cm³/mol. The Morgan fingerprint density at radius 3 is 1.41 bits per heavy atom. The van der Waals surface area contributed by atoms with Gasteiger partial charge in [0.1, 0.15) is 11.5 Å². The Kier molecular flexibility index (Phi) is 8.96. The van der Waals surface area contributed by atoms with E-state index in [0.717, 1.165) is 38.5 Å². The van der Waals surface area contributed by atoms with E-state index in [2.05, 4.69) is 13.8 Å². The highest BCUT2D eigenvalue weighted by Crippen LogP contribution is 2.19. The highest BCUT2D eigenvalue weighted by molar-refractivity contribution is 5.73. The molecule has 22 heavy (non-hydrogen) atoms. The van der Waals surface area contributed by atoms with Crippen molar-refractivity contribution in [2.75, 3.05) is 0 Å². The minimum absolute atomic E-state index is 0.224. The van der Waals surface area contributed by atoms with Gasteiger partial charge in [-0.15, -0.1) is 0 Å². The Labute approximate surface area is 132 Å². The lowest BCUT2D eigenvalue weighted by Gasteiger charge is -2.06. The van der Waals surface area contributed by atoms with E-state index in [1.807, 2.05) is 0 Å². The van der Waals surface area contributed by atoms with Crippen molar-refractivity contribution in [3.8, 4) is 11.5 Å². The van der Waals surface area contributed by atoms with Gasteiger partial charge in [-0.25, -0.2) is 0 Å². The van der Waals surface area contributed by atoms with Crippen LogP contribution < -0.4 is 9.47 Å². The quantitative estimate of drug-likeness (QED) is 0.358. The van der Waals surface area contributed by atoms with Gasteiger partial charge in [0.05, 0.1) is 0 Å². The summed E-state index contributed by atoms with van der Waals surface area (Å²) in [6.45, 7) is 4.18. The van der Waals surface area contributed by atoms with Crippen LogP contribution in [-0.4, -0.2) is 11.9 Å². The Morgan fingerprint density at radius 2 is 1.09 bits per heavy atom. The number of carbonyl (C=O) groups excluding carboxylic acids is 2. The number of benzene rings is 1. The highest BCUT2D eigenvalue weighted by atomic mass is 16.5. The summed E-state index contributed by atoms with van der Waals surface area (Å²) < 4.78 is 10.4. The number of hydrogen-bond acceptors (Lipinski definition) is 4. The van der Waals surface area contributed by atoms with Crippen molar-refractivity contribution in [3.63, 3.8) is 0 Å². The van der Waals surface area contributed by atoms with Gasteiger partial charge < -0.3 is 9.47 Å². The summed E-state index contributed by atoms with van der Waals surface area (Å²) in [5.41, 5.74) is 0. The van der Waals surface area contributed by atoms with E-state index in [1.54, 1.807) is 24.3 Å². The summed E-state index contributed by atoms with van der Waals surface area (Å²) in [6.07, 6.45) is 6.77. The van der Waals surface area contributed by atoms with Gasteiger partial charge in [0.2, 0.25) is 0 Å². The van der Waals surface area contributed by atoms with Crippen LogP contribution in [0.25, 0.3) is 0 Å². The zero-order chi connectivity index (χ0) is 16.2. The molecule has 0 aliphatic heterocycles. The zero-order valence-corrected chi connectivity index (χ0v) is 13.6. The Hall–Kier alpha value is -1.84. The van der Waals surface area contributed by atoms with E-state index in [-0.39, 0.29) is 11.9 Å². The molecule has 0 amide bonds. The third-order valence-corrected chi connectivity index (χ3v) is 3.26. The molecule has 1 rings (SSSR count). The molecule has 0 aliphatic rings. The van der Waals surface area contributed by atoms with E-state index >= 15 is 0 Å². The monoisotopic (exact) mass is 306 g/mol. The van der Waals surface area contributed by atoms with Gasteiger partial charge in [0.15, 0.2) is 0 Å². The molecule has 4 heteroatoms. The molecule has 0 unspecified atom stereocenters. The van der Waals surface area contributed by atoms with Gasteiger partial charge in [-0.3, -0.25) is 9.59 Å². The van der Waals surface area contributed by atoms with E-state index < -0.39 is 0 Å². The average molecular weight is 306 g/mol. The first-order valence-corrected chi connectivity index (χ1v) is 8.17. The van der Waals surface area contributed by atoms with Gasteiger partial charge in [-0.2, -0.15) is 0 Å². The molecule has 4 nitrogen and oxygen atoms in total. The predicted octanol–water partition coefficient (Wildman–Crippen LogP) is 4.66. The maximum atomic E-state index is 11.6. The third-order valence-electron chi connectivity index (χ3n) is 3.26. The van der Waals surface area contributed by atoms with E-state index in [9.17, 15) is 9.59 Å². The second kappa shape index (κ2) is 10.8. The van der Waals surface area contributed by atoms with Crippen molar-refractivity contribution in [2.45, 2.75) is 65.2 Å². The van der Waals surface area contributed by atoms with Crippen molar-refractivity contribution < 1.29 is 19.1 Å². The summed E-state index contributed by atoms with van der Waals surface area (Å²) in [5.74, 6) is 0.509. The summed E-state index contributed by atoms with van der Waals surface area (Å²) in [5, 5.41) is 0. The van der Waals surface area contributed by atoms with Crippen molar-refractivity contribution in [3.05, 3.63) is 24.3 Å². The Morgan fingerprint density at radius 1 is 0.727 bits per heavy atom. The lowest BCUT2D eigenvalue weighted by Crippen LogP contribution is -2.08. The number of rotatable bonds is 10. The van der Waals surface area contributed by atoms with Crippen LogP contribution in [0.3, 0.4) is 0 Å². The second-order valence-corrected chi connectivity index (χ2v) is 5.33. The molecule has 1 aromatic carbocycles. The van der Waals surface area contributed by atoms with Crippen molar-refractivity contribution in [2.24, 2.45) is 0 Å². The lowest BCUT2D eigenvalue weighted by molar-refractivity contribution is -0.135. The highest BCUT2D eigenvalue weighted by Gasteiger charge is 2.07. The van der Waals surface area contributed by atoms with Gasteiger partial charge in [-0.1, -0.05) is 39.5 Å². The van der Waals surface area contributed by atoms with Gasteiger partial charge in [0.25, 0.3) is 0 Å². The molecule has 0 saturated carbocycles. The molecule has 0 aliphatic carbocycles. The topological polar surface area (TPSA) is 52.6 Å². The van der Waals surface area contributed by atoms with E-state index in [4.69, 9.17) is 9.47 Å². The van der Waals surface area contributed by atoms with Crippen molar-refractivity contribution >= 4 is 11.9 Å². The zero-order valence-electron chi connectivity index (χ0n) is 13.6. The van der Waals surface area contributed by atoms with Crippen molar-refractivity contribution in [1.82, 2.24) is 0 Å². The molecular formula is C18H26O4. The molecule has 0 saturated heterocycles. The molecular weight excluding hydrogens is 280 g/mol. The van der Waals surface area contributed by atoms with Crippen LogP contribution in [0.2, 0.25) is 0 Å². The lowest BCUT2D eigenvalue weighted by atomic mass is 10.2. The number of carbonyl (C=O) groups is 2. The van der Waals surface area contributed by atoms with Crippen LogP contribution in [0, 0.1) is 0 Å². The SMILES string of the molecule is CCCCCC(=O)Oc1ccc(OC(=O)CCCCC)cc1. The molecule has 0 N–H and O–H groups in total. The normalized spacial score (nSPS) is 10.3. The van der Waals surface area contributed by atoms with Crippen LogP contribution in [-0.2, 0) is 9.59 Å². The maximum Gasteiger partial charge on any atom is 0.311 e. The largest absolute Gasteiger partial charge is 0.427 e. The first-order chi connectivity index (χ1) is 10.7. The second-order valence-electron chi connectivity index (χ2n) is 5.33. The fourth-order valence-electron chi connectivity index (χ4n) is 1.98. The van der Waals surface area contributed by atoms with Crippen LogP contribution in [0.1, 0.15) is 65.2 Å². The van der Waals surface area contributed by atoms with E-state index in [0.29, 0.717) is 24.3 Å². The Bertz CT molecular complexity index is 408. The summed E-state index contributed by atoms with van der Waals surface area (Å²) in [7, 11) is 0. The van der Waals surface area contributed by atoms with Crippen LogP contribution in [0.5, 0.6) is 11.5 Å². The van der Waals surface area contributed by atoms with Gasteiger partial charge in [0, 0.05) is 12.8 Å². The molecule has 0 heterocycles. The molecule has 0 spiro atoms. The Balaban J connectivity index is 2.36. The number of ether oxygens (including phenoxy) is 2. The fourth-order valence-corrected chi connectivity index (χ4v) is 1.98. The number of esters is 2. The fraction of sp³-hybridized carbons (Fsp3) is 0.556. The van der Waals surface area contributed by atoms with Crippen LogP contribution in [0.4, 0.5) is 0 Å². The summed E-state index contributed by atoms with van der Waals surface area (Å²) in [6, 6.07) is 6.58. The third kappa shape index (κ3) is 7.81. The molecule has 0 fully saturated rings.